The van der Waals surface area contributed by atoms with Crippen molar-refractivity contribution in [1.29, 1.82) is 0 Å². The Balaban J connectivity index is 3.09. The Hall–Kier alpha value is -1.05. The van der Waals surface area contributed by atoms with Crippen LogP contribution in [0.25, 0.3) is 0 Å². The van der Waals surface area contributed by atoms with E-state index in [1.54, 1.807) is 7.11 Å². The number of ether oxygens (including phenoxy) is 1. The number of aromatic nitrogens is 2. The normalized spacial score (nSPS) is 14.4. The first-order valence-electron chi connectivity index (χ1n) is 5.70. The fourth-order valence-electron chi connectivity index (χ4n) is 1.67. The maximum absolute atomic E-state index is 11.8. The summed E-state index contributed by atoms with van der Waals surface area (Å²) in [6.45, 7) is 1.96. The molecule has 2 N–H and O–H groups in total. The van der Waals surface area contributed by atoms with Crippen LogP contribution in [0, 0.1) is 0 Å². The quantitative estimate of drug-likeness (QED) is 0.741. The highest BCUT2D eigenvalue weighted by Gasteiger charge is 2.23. The zero-order valence-electron chi connectivity index (χ0n) is 10.5. The molecule has 7 heteroatoms. The molecule has 102 valence electrons. The molecule has 6 nitrogen and oxygen atoms in total. The van der Waals surface area contributed by atoms with Crippen molar-refractivity contribution in [3.63, 3.8) is 0 Å². The number of aliphatic hydroxyl groups is 1. The Morgan fingerprint density at radius 3 is 2.78 bits per heavy atom. The fraction of sp³-hybridized carbons (Fsp3) is 0.636. The summed E-state index contributed by atoms with van der Waals surface area (Å²) in [6.07, 6.45) is 1.60. The zero-order chi connectivity index (χ0) is 13.5. The van der Waals surface area contributed by atoms with E-state index >= 15 is 0 Å². The largest absolute Gasteiger partial charge is 0.396 e. The number of nitrogens with zero attached hydrogens (tertiary/aromatic N) is 1. The third-order valence-electron chi connectivity index (χ3n) is 2.50. The minimum absolute atomic E-state index is 0.0165. The monoisotopic (exact) mass is 274 g/mol. The smallest absolute Gasteiger partial charge is 0.329 e. The number of aliphatic hydroxyl groups excluding tert-OH is 1. The minimum Gasteiger partial charge on any atom is -0.396 e. The Morgan fingerprint density at radius 1 is 1.56 bits per heavy atom. The van der Waals surface area contributed by atoms with Gasteiger partial charge in [0, 0.05) is 26.0 Å². The zero-order valence-corrected chi connectivity index (χ0v) is 11.3. The van der Waals surface area contributed by atoms with Crippen LogP contribution in [-0.2, 0) is 4.74 Å². The van der Waals surface area contributed by atoms with Gasteiger partial charge in [0.05, 0.1) is 6.10 Å². The van der Waals surface area contributed by atoms with Gasteiger partial charge in [-0.1, -0.05) is 6.92 Å². The molecule has 1 heterocycles. The van der Waals surface area contributed by atoms with E-state index in [9.17, 15) is 9.59 Å². The van der Waals surface area contributed by atoms with Gasteiger partial charge in [0.25, 0.3) is 5.56 Å². The topological polar surface area (TPSA) is 84.3 Å². The van der Waals surface area contributed by atoms with Crippen LogP contribution in [0.1, 0.15) is 18.7 Å². The molecule has 0 aliphatic carbocycles. The molecular formula is C11H18N2O4S. The summed E-state index contributed by atoms with van der Waals surface area (Å²) in [5, 5.41) is 8.74. The summed E-state index contributed by atoms with van der Waals surface area (Å²) < 4.78 is 6.74. The number of thioether (sulfide) groups is 1. The van der Waals surface area contributed by atoms with Gasteiger partial charge in [-0.2, -0.15) is 0 Å². The van der Waals surface area contributed by atoms with Crippen LogP contribution in [0.5, 0.6) is 0 Å². The third-order valence-corrected chi connectivity index (χ3v) is 3.70. The summed E-state index contributed by atoms with van der Waals surface area (Å²) in [4.78, 5) is 25.0. The van der Waals surface area contributed by atoms with Crippen LogP contribution in [0.4, 0.5) is 0 Å². The molecular weight excluding hydrogens is 256 g/mol. The summed E-state index contributed by atoms with van der Waals surface area (Å²) in [7, 11) is 1.54. The van der Waals surface area contributed by atoms with E-state index in [1.165, 1.54) is 28.6 Å². The number of nitrogens with one attached hydrogen (secondary N) is 1. The lowest BCUT2D eigenvalue weighted by Gasteiger charge is -2.26. The lowest BCUT2D eigenvalue weighted by Crippen LogP contribution is -2.36. The SMILES string of the molecule is CCS[C@@H]([C@H](CCO)OC)n1ccc(=O)[nH]c1=O. The molecule has 1 aromatic heterocycles. The fourth-order valence-corrected chi connectivity index (χ4v) is 2.80. The molecule has 0 saturated heterocycles. The van der Waals surface area contributed by atoms with E-state index in [2.05, 4.69) is 4.98 Å². The number of hydrogen-bond donors (Lipinski definition) is 2. The molecule has 0 fully saturated rings. The molecule has 0 radical (unpaired) electrons. The molecule has 0 unspecified atom stereocenters. The van der Waals surface area contributed by atoms with Crippen LogP contribution in [-0.4, -0.2) is 40.2 Å². The number of rotatable bonds is 7. The first-order chi connectivity index (χ1) is 8.63. The molecule has 0 aliphatic rings. The van der Waals surface area contributed by atoms with Crippen molar-refractivity contribution in [2.24, 2.45) is 0 Å². The van der Waals surface area contributed by atoms with Crippen molar-refractivity contribution < 1.29 is 9.84 Å². The van der Waals surface area contributed by atoms with Crippen molar-refractivity contribution in [2.75, 3.05) is 19.5 Å². The first-order valence-corrected chi connectivity index (χ1v) is 6.75. The van der Waals surface area contributed by atoms with Crippen LogP contribution in [0.2, 0.25) is 0 Å². The molecule has 2 atom stereocenters. The molecule has 1 rings (SSSR count). The Kier molecular flexibility index (Phi) is 6.17. The first kappa shape index (κ1) is 15.0. The van der Waals surface area contributed by atoms with Crippen molar-refractivity contribution in [3.8, 4) is 0 Å². The molecule has 0 amide bonds. The summed E-state index contributed by atoms with van der Waals surface area (Å²) in [6, 6.07) is 1.30. The van der Waals surface area contributed by atoms with Gasteiger partial charge in [0.2, 0.25) is 0 Å². The molecule has 0 aliphatic heterocycles. The van der Waals surface area contributed by atoms with Gasteiger partial charge in [0.15, 0.2) is 0 Å². The number of methoxy groups -OCH3 is 1. The minimum atomic E-state index is -0.464. The number of H-pyrrole nitrogens is 1. The molecule has 0 aromatic carbocycles. The van der Waals surface area contributed by atoms with E-state index in [-0.39, 0.29) is 18.1 Å². The van der Waals surface area contributed by atoms with Gasteiger partial charge in [0.1, 0.15) is 5.37 Å². The number of aromatic amines is 1. The predicted molar refractivity (Wildman–Crippen MR) is 71.0 cm³/mol. The third kappa shape index (κ3) is 3.72. The Bertz CT molecular complexity index is 471. The van der Waals surface area contributed by atoms with Crippen LogP contribution >= 0.6 is 11.8 Å². The van der Waals surface area contributed by atoms with Gasteiger partial charge < -0.3 is 9.84 Å². The Morgan fingerprint density at radius 2 is 2.28 bits per heavy atom. The molecule has 0 saturated carbocycles. The molecule has 18 heavy (non-hydrogen) atoms. The van der Waals surface area contributed by atoms with Crippen LogP contribution in [0.3, 0.4) is 0 Å². The molecule has 0 spiro atoms. The average Bonchev–Trinajstić information content (AvgIpc) is 2.34. The number of hydrogen-bond acceptors (Lipinski definition) is 5. The second-order valence-corrected chi connectivity index (χ2v) is 5.04. The maximum Gasteiger partial charge on any atom is 0.329 e. The van der Waals surface area contributed by atoms with Gasteiger partial charge in [-0.05, 0) is 12.2 Å². The van der Waals surface area contributed by atoms with Crippen molar-refractivity contribution in [1.82, 2.24) is 9.55 Å². The average molecular weight is 274 g/mol. The van der Waals surface area contributed by atoms with Gasteiger partial charge >= 0.3 is 5.69 Å². The molecule has 1 aromatic rings. The van der Waals surface area contributed by atoms with Gasteiger partial charge in [-0.25, -0.2) is 4.79 Å². The maximum atomic E-state index is 11.8. The lowest BCUT2D eigenvalue weighted by molar-refractivity contribution is 0.0605. The van der Waals surface area contributed by atoms with E-state index in [0.29, 0.717) is 6.42 Å². The summed E-state index contributed by atoms with van der Waals surface area (Å²) in [5.41, 5.74) is -0.888. The van der Waals surface area contributed by atoms with Gasteiger partial charge in [-0.15, -0.1) is 11.8 Å². The second-order valence-electron chi connectivity index (χ2n) is 3.65. The Labute approximate surface area is 109 Å². The summed E-state index contributed by atoms with van der Waals surface area (Å²) in [5.74, 6) is 0.793. The highest BCUT2D eigenvalue weighted by atomic mass is 32.2. The second kappa shape index (κ2) is 7.40. The van der Waals surface area contributed by atoms with Crippen molar-refractivity contribution in [3.05, 3.63) is 33.1 Å². The van der Waals surface area contributed by atoms with Crippen molar-refractivity contribution >= 4 is 11.8 Å². The predicted octanol–water partition coefficient (Wildman–Crippen LogP) is 0.186. The van der Waals surface area contributed by atoms with Crippen molar-refractivity contribution in [2.45, 2.75) is 24.8 Å². The van der Waals surface area contributed by atoms with E-state index < -0.39 is 11.2 Å². The van der Waals surface area contributed by atoms with E-state index in [0.717, 1.165) is 5.75 Å². The van der Waals surface area contributed by atoms with Crippen LogP contribution < -0.4 is 11.2 Å². The van der Waals surface area contributed by atoms with Crippen LogP contribution in [0.15, 0.2) is 21.9 Å². The summed E-state index contributed by atoms with van der Waals surface area (Å²) >= 11 is 1.53. The molecule has 0 bridgehead atoms. The standard InChI is InChI=1S/C11H18N2O4S/c1-3-18-10(8(17-2)5-7-14)13-6-4-9(15)12-11(13)16/h4,6,8,10,14H,3,5,7H2,1-2H3,(H,12,15,16)/t8-,10-/m0/s1. The van der Waals surface area contributed by atoms with E-state index in [4.69, 9.17) is 9.84 Å². The lowest BCUT2D eigenvalue weighted by atomic mass is 10.2. The highest BCUT2D eigenvalue weighted by molar-refractivity contribution is 7.99. The van der Waals surface area contributed by atoms with E-state index in [1.807, 2.05) is 6.92 Å². The van der Waals surface area contributed by atoms with Gasteiger partial charge in [-0.3, -0.25) is 14.3 Å². The highest BCUT2D eigenvalue weighted by Crippen LogP contribution is 2.28.